The number of carboxylic acids is 1. The summed E-state index contributed by atoms with van der Waals surface area (Å²) in [5.41, 5.74) is 4.83. The predicted octanol–water partition coefficient (Wildman–Crippen LogP) is 6.96. The number of carbonyl (C=O) groups excluding carboxylic acids is 3. The van der Waals surface area contributed by atoms with Crippen LogP contribution in [0.15, 0.2) is 103 Å². The van der Waals surface area contributed by atoms with Crippen LogP contribution in [0.1, 0.15) is 47.3 Å². The van der Waals surface area contributed by atoms with E-state index in [1.54, 1.807) is 66.7 Å². The van der Waals surface area contributed by atoms with E-state index < -0.39 is 5.97 Å². The summed E-state index contributed by atoms with van der Waals surface area (Å²) in [7, 11) is 0. The Hall–Kier alpha value is -5.44. The van der Waals surface area contributed by atoms with E-state index in [0.29, 0.717) is 16.9 Å². The zero-order valence-corrected chi connectivity index (χ0v) is 25.2. The fourth-order valence-electron chi connectivity index (χ4n) is 4.31. The topological polar surface area (TPSA) is 128 Å². The van der Waals surface area contributed by atoms with E-state index in [9.17, 15) is 19.2 Å². The SMILES string of the molecule is CC.Cc1ccccc1NC(=O)Nc1ccc(CC(=O)Nc2cccc(CN(CCC(=O)O)C(=O)c3ccccc3)c2)cc1. The largest absolute Gasteiger partial charge is 0.481 e. The summed E-state index contributed by atoms with van der Waals surface area (Å²) < 4.78 is 0. The number of nitrogens with one attached hydrogen (secondary N) is 3. The summed E-state index contributed by atoms with van der Waals surface area (Å²) in [6.07, 6.45) is -0.0577. The minimum Gasteiger partial charge on any atom is -0.481 e. The number of urea groups is 1. The fourth-order valence-corrected chi connectivity index (χ4v) is 4.31. The van der Waals surface area contributed by atoms with Gasteiger partial charge in [-0.3, -0.25) is 14.4 Å². The Bertz CT molecular complexity index is 1560. The number of benzene rings is 4. The van der Waals surface area contributed by atoms with Gasteiger partial charge in [-0.1, -0.05) is 74.5 Å². The molecule has 4 amide bonds. The first-order chi connectivity index (χ1) is 21.3. The minimum absolute atomic E-state index is 0.0536. The van der Waals surface area contributed by atoms with Crippen LogP contribution >= 0.6 is 0 Å². The van der Waals surface area contributed by atoms with Gasteiger partial charge in [0.15, 0.2) is 0 Å². The number of hydrogen-bond donors (Lipinski definition) is 4. The van der Waals surface area contributed by atoms with Crippen molar-refractivity contribution in [2.24, 2.45) is 0 Å². The maximum absolute atomic E-state index is 13.0. The summed E-state index contributed by atoms with van der Waals surface area (Å²) in [6, 6.07) is 30.0. The normalized spacial score (nSPS) is 10.1. The minimum atomic E-state index is -0.990. The van der Waals surface area contributed by atoms with Crippen LogP contribution in [0.5, 0.6) is 0 Å². The first-order valence-corrected chi connectivity index (χ1v) is 14.4. The van der Waals surface area contributed by atoms with Gasteiger partial charge in [0, 0.05) is 35.7 Å². The van der Waals surface area contributed by atoms with Gasteiger partial charge in [0.1, 0.15) is 0 Å². The maximum atomic E-state index is 13.0. The first-order valence-electron chi connectivity index (χ1n) is 14.4. The number of nitrogens with zero attached hydrogens (tertiary/aromatic N) is 1. The highest BCUT2D eigenvalue weighted by atomic mass is 16.4. The van der Waals surface area contributed by atoms with Crippen LogP contribution < -0.4 is 16.0 Å². The van der Waals surface area contributed by atoms with Crippen LogP contribution in [-0.4, -0.2) is 40.4 Å². The van der Waals surface area contributed by atoms with Gasteiger partial charge in [-0.2, -0.15) is 0 Å². The van der Waals surface area contributed by atoms with E-state index in [-0.39, 0.29) is 43.8 Å². The van der Waals surface area contributed by atoms with E-state index in [4.69, 9.17) is 5.11 Å². The third kappa shape index (κ3) is 10.4. The van der Waals surface area contributed by atoms with Gasteiger partial charge >= 0.3 is 12.0 Å². The molecule has 9 heteroatoms. The Kier molecular flexibility index (Phi) is 12.7. The third-order valence-corrected chi connectivity index (χ3v) is 6.46. The number of aryl methyl sites for hydroxylation is 1. The first kappa shape index (κ1) is 33.1. The molecule has 0 aliphatic heterocycles. The van der Waals surface area contributed by atoms with E-state index in [0.717, 1.165) is 22.4 Å². The zero-order chi connectivity index (χ0) is 31.9. The van der Waals surface area contributed by atoms with Crippen molar-refractivity contribution < 1.29 is 24.3 Å². The highest BCUT2D eigenvalue weighted by molar-refractivity contribution is 6.00. The quantitative estimate of drug-likeness (QED) is 0.149. The number of para-hydroxylation sites is 1. The Morgan fingerprint density at radius 3 is 2.07 bits per heavy atom. The van der Waals surface area contributed by atoms with Crippen LogP contribution in [0, 0.1) is 6.92 Å². The second-order valence-electron chi connectivity index (χ2n) is 9.75. The average molecular weight is 595 g/mol. The molecule has 44 heavy (non-hydrogen) atoms. The summed E-state index contributed by atoms with van der Waals surface area (Å²) >= 11 is 0. The second-order valence-corrected chi connectivity index (χ2v) is 9.75. The van der Waals surface area contributed by atoms with Crippen molar-refractivity contribution >= 4 is 40.9 Å². The highest BCUT2D eigenvalue weighted by Gasteiger charge is 2.17. The lowest BCUT2D eigenvalue weighted by molar-refractivity contribution is -0.137. The molecule has 0 aliphatic rings. The van der Waals surface area contributed by atoms with Crippen molar-refractivity contribution in [1.82, 2.24) is 4.90 Å². The van der Waals surface area contributed by atoms with Crippen molar-refractivity contribution in [3.8, 4) is 0 Å². The smallest absolute Gasteiger partial charge is 0.323 e. The van der Waals surface area contributed by atoms with Crippen LogP contribution in [0.2, 0.25) is 0 Å². The van der Waals surface area contributed by atoms with E-state index in [1.807, 2.05) is 57.2 Å². The van der Waals surface area contributed by atoms with Crippen molar-refractivity contribution in [3.05, 3.63) is 125 Å². The van der Waals surface area contributed by atoms with Crippen LogP contribution in [0.25, 0.3) is 0 Å². The maximum Gasteiger partial charge on any atom is 0.323 e. The van der Waals surface area contributed by atoms with Gasteiger partial charge in [0.25, 0.3) is 5.91 Å². The lowest BCUT2D eigenvalue weighted by Gasteiger charge is -2.22. The zero-order valence-electron chi connectivity index (χ0n) is 25.2. The molecule has 0 saturated carbocycles. The predicted molar refractivity (Wildman–Crippen MR) is 174 cm³/mol. The molecule has 0 aliphatic carbocycles. The molecular weight excluding hydrogens is 556 g/mol. The molecule has 0 bridgehead atoms. The van der Waals surface area contributed by atoms with Gasteiger partial charge in [0.2, 0.25) is 5.91 Å². The summed E-state index contributed by atoms with van der Waals surface area (Å²) in [4.78, 5) is 50.8. The molecule has 0 spiro atoms. The van der Waals surface area contributed by atoms with Crippen LogP contribution in [0.3, 0.4) is 0 Å². The Morgan fingerprint density at radius 1 is 0.705 bits per heavy atom. The summed E-state index contributed by atoms with van der Waals surface area (Å²) in [6.45, 7) is 6.16. The van der Waals surface area contributed by atoms with Crippen molar-refractivity contribution in [2.45, 2.75) is 40.2 Å². The average Bonchev–Trinajstić information content (AvgIpc) is 3.02. The molecule has 0 atom stereocenters. The second kappa shape index (κ2) is 16.9. The van der Waals surface area contributed by atoms with Gasteiger partial charge in [0.05, 0.1) is 12.8 Å². The monoisotopic (exact) mass is 594 g/mol. The van der Waals surface area contributed by atoms with Gasteiger partial charge < -0.3 is 26.0 Å². The lowest BCUT2D eigenvalue weighted by Crippen LogP contribution is -2.32. The van der Waals surface area contributed by atoms with Crippen molar-refractivity contribution in [2.75, 3.05) is 22.5 Å². The molecule has 0 fully saturated rings. The van der Waals surface area contributed by atoms with Gasteiger partial charge in [-0.25, -0.2) is 4.79 Å². The lowest BCUT2D eigenvalue weighted by atomic mass is 10.1. The molecule has 4 aromatic carbocycles. The molecule has 0 saturated heterocycles. The molecular formula is C35H38N4O5. The molecule has 0 radical (unpaired) electrons. The third-order valence-electron chi connectivity index (χ3n) is 6.46. The van der Waals surface area contributed by atoms with Crippen LogP contribution in [0.4, 0.5) is 21.9 Å². The molecule has 4 N–H and O–H groups in total. The van der Waals surface area contributed by atoms with E-state index in [1.165, 1.54) is 4.90 Å². The molecule has 4 aromatic rings. The van der Waals surface area contributed by atoms with E-state index >= 15 is 0 Å². The molecule has 0 aromatic heterocycles. The number of aliphatic carboxylic acids is 1. The number of hydrogen-bond acceptors (Lipinski definition) is 4. The molecule has 4 rings (SSSR count). The van der Waals surface area contributed by atoms with Crippen LogP contribution in [-0.2, 0) is 22.6 Å². The number of carboxylic acid groups (broad SMARTS) is 1. The summed E-state index contributed by atoms with van der Waals surface area (Å²) in [5, 5.41) is 17.6. The number of amides is 4. The van der Waals surface area contributed by atoms with Crippen molar-refractivity contribution in [3.63, 3.8) is 0 Å². The highest BCUT2D eigenvalue weighted by Crippen LogP contribution is 2.18. The Labute approximate surface area is 257 Å². The molecule has 0 heterocycles. The molecule has 9 nitrogen and oxygen atoms in total. The van der Waals surface area contributed by atoms with E-state index in [2.05, 4.69) is 16.0 Å². The number of rotatable bonds is 11. The number of carbonyl (C=O) groups is 4. The van der Waals surface area contributed by atoms with Gasteiger partial charge in [-0.15, -0.1) is 0 Å². The Morgan fingerprint density at radius 2 is 1.39 bits per heavy atom. The van der Waals surface area contributed by atoms with Gasteiger partial charge in [-0.05, 0) is 66.1 Å². The fraction of sp³-hybridized carbons (Fsp3) is 0.200. The molecule has 0 unspecified atom stereocenters. The standard InChI is InChI=1S/C33H32N4O5.C2H6/c1-23-8-5-6-13-29(23)36-33(42)35-27-16-14-24(15-17-27)21-30(38)34-28-12-7-9-25(20-28)22-37(19-18-31(39)40)32(41)26-10-3-2-4-11-26;1-2/h2-17,20H,18-19,21-22H2,1H3,(H,34,38)(H,39,40)(H2,35,36,42);1-2H3. The van der Waals surface area contributed by atoms with Crippen molar-refractivity contribution in [1.29, 1.82) is 0 Å². The summed E-state index contributed by atoms with van der Waals surface area (Å²) in [5.74, 6) is -1.48. The number of anilines is 3. The Balaban J connectivity index is 0.00000259. The molecule has 228 valence electrons.